The first kappa shape index (κ1) is 7.11. The fourth-order valence-corrected chi connectivity index (χ4v) is 3.92. The van der Waals surface area contributed by atoms with E-state index in [1.54, 1.807) is 0 Å². The lowest BCUT2D eigenvalue weighted by molar-refractivity contribution is -0.145. The molecule has 4 saturated carbocycles. The molecule has 0 aromatic rings. The van der Waals surface area contributed by atoms with Crippen LogP contribution in [-0.2, 0) is 4.79 Å². The number of Topliss-reactive ketones (excluding diaryl/α,β-unsaturated/α-hetero) is 1. The van der Waals surface area contributed by atoms with Crippen LogP contribution < -0.4 is 0 Å². The molecule has 0 aromatic carbocycles. The molecule has 0 aliphatic heterocycles. The Bertz CT molecular complexity index is 233. The Morgan fingerprint density at radius 1 is 1.17 bits per heavy atom. The highest BCUT2D eigenvalue weighted by molar-refractivity contribution is 5.85. The van der Waals surface area contributed by atoms with Gasteiger partial charge in [-0.15, -0.1) is 0 Å². The van der Waals surface area contributed by atoms with Gasteiger partial charge in [-0.25, -0.2) is 0 Å². The van der Waals surface area contributed by atoms with Crippen LogP contribution in [0.15, 0.2) is 0 Å². The first-order valence-corrected chi connectivity index (χ1v) is 5.29. The monoisotopic (exact) mass is 164 g/mol. The fourth-order valence-electron chi connectivity index (χ4n) is 3.92. The van der Waals surface area contributed by atoms with E-state index < -0.39 is 0 Å². The number of ketones is 1. The van der Waals surface area contributed by atoms with Gasteiger partial charge in [0, 0.05) is 11.8 Å². The van der Waals surface area contributed by atoms with Crippen molar-refractivity contribution in [3.8, 4) is 0 Å². The van der Waals surface area contributed by atoms with Gasteiger partial charge in [-0.1, -0.05) is 6.92 Å². The molecule has 4 bridgehead atoms. The van der Waals surface area contributed by atoms with E-state index in [1.807, 2.05) is 0 Å². The van der Waals surface area contributed by atoms with Crippen LogP contribution in [0.5, 0.6) is 0 Å². The normalized spacial score (nSPS) is 56.4. The van der Waals surface area contributed by atoms with Gasteiger partial charge >= 0.3 is 0 Å². The minimum Gasteiger partial charge on any atom is -0.299 e. The molecule has 0 aromatic heterocycles. The lowest BCUT2D eigenvalue weighted by Crippen LogP contribution is -2.50. The average molecular weight is 164 g/mol. The topological polar surface area (TPSA) is 17.1 Å². The minimum atomic E-state index is 0.473. The van der Waals surface area contributed by atoms with Crippen molar-refractivity contribution >= 4 is 5.78 Å². The summed E-state index contributed by atoms with van der Waals surface area (Å²) in [5.74, 6) is 4.13. The molecule has 1 heteroatoms. The first-order valence-electron chi connectivity index (χ1n) is 5.29. The van der Waals surface area contributed by atoms with E-state index in [0.29, 0.717) is 23.5 Å². The van der Waals surface area contributed by atoms with Crippen LogP contribution in [0.2, 0.25) is 0 Å². The molecule has 12 heavy (non-hydrogen) atoms. The molecule has 0 amide bonds. The summed E-state index contributed by atoms with van der Waals surface area (Å²) in [5.41, 5.74) is 0. The molecule has 5 atom stereocenters. The molecule has 4 rings (SSSR count). The third kappa shape index (κ3) is 0.725. The average Bonchev–Trinajstić information content (AvgIpc) is 2.07. The van der Waals surface area contributed by atoms with Crippen molar-refractivity contribution in [3.05, 3.63) is 0 Å². The third-order valence-electron chi connectivity index (χ3n) is 4.57. The zero-order valence-electron chi connectivity index (χ0n) is 7.62. The Kier molecular flexibility index (Phi) is 1.26. The minimum absolute atomic E-state index is 0.473. The molecule has 1 nitrogen and oxygen atoms in total. The van der Waals surface area contributed by atoms with Crippen molar-refractivity contribution in [2.24, 2.45) is 29.6 Å². The van der Waals surface area contributed by atoms with Crippen LogP contribution >= 0.6 is 0 Å². The van der Waals surface area contributed by atoms with E-state index in [4.69, 9.17) is 0 Å². The van der Waals surface area contributed by atoms with Gasteiger partial charge in [0.05, 0.1) is 0 Å². The fraction of sp³-hybridized carbons (Fsp3) is 0.909. The summed E-state index contributed by atoms with van der Waals surface area (Å²) in [7, 11) is 0. The summed E-state index contributed by atoms with van der Waals surface area (Å²) >= 11 is 0. The SMILES string of the molecule is C[C@@H]1C2CC3CC(C2)C(=O)C1C3. The van der Waals surface area contributed by atoms with Crippen LogP contribution in [0.1, 0.15) is 32.6 Å². The standard InChI is InChI=1S/C11H16O/c1-6-8-2-7-3-9(5-8)11(12)10(6)4-7/h6-10H,2-5H2,1H3/t6-,7?,8?,9?,10?/m1/s1. The number of hydrogen-bond acceptors (Lipinski definition) is 1. The molecular formula is C11H16O. The molecule has 0 spiro atoms. The molecule has 0 radical (unpaired) electrons. The maximum absolute atomic E-state index is 11.8. The van der Waals surface area contributed by atoms with E-state index in [9.17, 15) is 4.79 Å². The van der Waals surface area contributed by atoms with Crippen molar-refractivity contribution in [2.75, 3.05) is 0 Å². The highest BCUT2D eigenvalue weighted by Crippen LogP contribution is 2.54. The molecule has 4 aliphatic rings. The molecule has 4 aliphatic carbocycles. The smallest absolute Gasteiger partial charge is 0.139 e. The van der Waals surface area contributed by atoms with Crippen LogP contribution in [-0.4, -0.2) is 5.78 Å². The van der Waals surface area contributed by atoms with E-state index in [2.05, 4.69) is 6.92 Å². The van der Waals surface area contributed by atoms with Gasteiger partial charge in [0.1, 0.15) is 5.78 Å². The van der Waals surface area contributed by atoms with Crippen LogP contribution in [0, 0.1) is 29.6 Å². The summed E-state index contributed by atoms with van der Waals surface area (Å²) < 4.78 is 0. The maximum atomic E-state index is 11.8. The van der Waals surface area contributed by atoms with Crippen LogP contribution in [0.25, 0.3) is 0 Å². The van der Waals surface area contributed by atoms with Crippen LogP contribution in [0.3, 0.4) is 0 Å². The van der Waals surface area contributed by atoms with E-state index in [0.717, 1.165) is 11.8 Å². The van der Waals surface area contributed by atoms with Gasteiger partial charge in [-0.2, -0.15) is 0 Å². The van der Waals surface area contributed by atoms with E-state index >= 15 is 0 Å². The highest BCUT2D eigenvalue weighted by atomic mass is 16.1. The Morgan fingerprint density at radius 2 is 2.00 bits per heavy atom. The lowest BCUT2D eigenvalue weighted by Gasteiger charge is -2.52. The zero-order valence-corrected chi connectivity index (χ0v) is 7.62. The number of hydrogen-bond donors (Lipinski definition) is 0. The molecule has 0 N–H and O–H groups in total. The highest BCUT2D eigenvalue weighted by Gasteiger charge is 2.51. The van der Waals surface area contributed by atoms with Crippen LogP contribution in [0.4, 0.5) is 0 Å². The van der Waals surface area contributed by atoms with Crippen molar-refractivity contribution in [2.45, 2.75) is 32.6 Å². The number of rotatable bonds is 0. The number of carbonyl (C=O) groups is 1. The Morgan fingerprint density at radius 3 is 2.83 bits per heavy atom. The molecule has 0 heterocycles. The lowest BCUT2D eigenvalue weighted by atomic mass is 9.52. The summed E-state index contributed by atoms with van der Waals surface area (Å²) in [4.78, 5) is 11.8. The second kappa shape index (κ2) is 2.12. The van der Waals surface area contributed by atoms with Gasteiger partial charge in [0.2, 0.25) is 0 Å². The summed E-state index contributed by atoms with van der Waals surface area (Å²) in [6.07, 6.45) is 5.13. The summed E-state index contributed by atoms with van der Waals surface area (Å²) in [5, 5.41) is 0. The summed E-state index contributed by atoms with van der Waals surface area (Å²) in [6, 6.07) is 0. The summed E-state index contributed by atoms with van der Waals surface area (Å²) in [6.45, 7) is 2.30. The Hall–Kier alpha value is -0.330. The van der Waals surface area contributed by atoms with E-state index in [1.165, 1.54) is 25.7 Å². The van der Waals surface area contributed by atoms with Crippen molar-refractivity contribution < 1.29 is 4.79 Å². The quantitative estimate of drug-likeness (QED) is 0.536. The predicted molar refractivity (Wildman–Crippen MR) is 46.6 cm³/mol. The predicted octanol–water partition coefficient (Wildman–Crippen LogP) is 2.26. The molecule has 4 unspecified atom stereocenters. The van der Waals surface area contributed by atoms with Gasteiger partial charge in [-0.3, -0.25) is 4.79 Å². The third-order valence-corrected chi connectivity index (χ3v) is 4.57. The maximum Gasteiger partial charge on any atom is 0.139 e. The zero-order chi connectivity index (χ0) is 8.29. The van der Waals surface area contributed by atoms with E-state index in [-0.39, 0.29) is 0 Å². The largest absolute Gasteiger partial charge is 0.299 e. The van der Waals surface area contributed by atoms with Gasteiger partial charge in [-0.05, 0) is 43.4 Å². The Balaban J connectivity index is 1.98. The van der Waals surface area contributed by atoms with Crippen molar-refractivity contribution in [3.63, 3.8) is 0 Å². The van der Waals surface area contributed by atoms with Gasteiger partial charge < -0.3 is 0 Å². The second-order valence-electron chi connectivity index (χ2n) is 5.13. The van der Waals surface area contributed by atoms with Gasteiger partial charge in [0.25, 0.3) is 0 Å². The Labute approximate surface area is 73.5 Å². The first-order chi connectivity index (χ1) is 5.75. The van der Waals surface area contributed by atoms with Crippen molar-refractivity contribution in [1.29, 1.82) is 0 Å². The molecule has 4 fully saturated rings. The van der Waals surface area contributed by atoms with Gasteiger partial charge in [0.15, 0.2) is 0 Å². The molecule has 66 valence electrons. The van der Waals surface area contributed by atoms with Crippen molar-refractivity contribution in [1.82, 2.24) is 0 Å². The number of carbonyl (C=O) groups excluding carboxylic acids is 1. The molecular weight excluding hydrogens is 148 g/mol. The molecule has 0 saturated heterocycles. The second-order valence-corrected chi connectivity index (χ2v) is 5.13.